The fourth-order valence-electron chi connectivity index (χ4n) is 4.83. The standard InChI is InChI=1S/C21H32N4O3/c1-27-16-17-4-7-25(15-17)20-3-2-18(14-22-20)21(26)24-8-5-19(6-9-24)23-10-12-28-13-11-23/h2-3,14,17,19H,4-13,15-16H2,1H3/p+1. The molecule has 0 aromatic carbocycles. The van der Waals surface area contributed by atoms with Crippen LogP contribution >= 0.6 is 0 Å². The molecule has 0 aliphatic carbocycles. The van der Waals surface area contributed by atoms with Crippen molar-refractivity contribution in [2.45, 2.75) is 25.3 Å². The number of piperidine rings is 1. The highest BCUT2D eigenvalue weighted by atomic mass is 16.5. The zero-order valence-electron chi connectivity index (χ0n) is 16.9. The number of carbonyl (C=O) groups is 1. The van der Waals surface area contributed by atoms with Gasteiger partial charge in [0.2, 0.25) is 0 Å². The number of pyridine rings is 1. The van der Waals surface area contributed by atoms with Crippen molar-refractivity contribution in [3.8, 4) is 0 Å². The molecule has 1 amide bonds. The van der Waals surface area contributed by atoms with Crippen molar-refractivity contribution in [1.29, 1.82) is 0 Å². The lowest BCUT2D eigenvalue weighted by molar-refractivity contribution is -0.934. The van der Waals surface area contributed by atoms with Crippen molar-refractivity contribution in [3.63, 3.8) is 0 Å². The number of aromatic nitrogens is 1. The molecule has 28 heavy (non-hydrogen) atoms. The first-order valence-corrected chi connectivity index (χ1v) is 10.7. The van der Waals surface area contributed by atoms with Gasteiger partial charge >= 0.3 is 0 Å². The van der Waals surface area contributed by atoms with Crippen LogP contribution in [0, 0.1) is 5.92 Å². The second-order valence-corrected chi connectivity index (χ2v) is 8.30. The first-order valence-electron chi connectivity index (χ1n) is 10.7. The monoisotopic (exact) mass is 389 g/mol. The average Bonchev–Trinajstić information content (AvgIpc) is 3.23. The maximum atomic E-state index is 12.9. The minimum Gasteiger partial charge on any atom is -0.384 e. The van der Waals surface area contributed by atoms with Crippen LogP contribution in [-0.2, 0) is 9.47 Å². The zero-order chi connectivity index (χ0) is 19.3. The molecule has 3 aliphatic heterocycles. The summed E-state index contributed by atoms with van der Waals surface area (Å²) in [5.41, 5.74) is 0.702. The van der Waals surface area contributed by atoms with Crippen molar-refractivity contribution in [3.05, 3.63) is 23.9 Å². The van der Waals surface area contributed by atoms with Gasteiger partial charge in [-0.15, -0.1) is 0 Å². The molecule has 0 bridgehead atoms. The largest absolute Gasteiger partial charge is 0.384 e. The quantitative estimate of drug-likeness (QED) is 0.773. The number of ether oxygens (including phenoxy) is 2. The number of anilines is 1. The molecule has 3 saturated heterocycles. The topological polar surface area (TPSA) is 59.3 Å². The van der Waals surface area contributed by atoms with E-state index in [1.54, 1.807) is 18.2 Å². The number of hydrogen-bond acceptors (Lipinski definition) is 5. The van der Waals surface area contributed by atoms with E-state index in [9.17, 15) is 4.79 Å². The molecule has 4 heterocycles. The lowest BCUT2D eigenvalue weighted by Gasteiger charge is -2.37. The lowest BCUT2D eigenvalue weighted by Crippen LogP contribution is -3.18. The van der Waals surface area contributed by atoms with Gasteiger partial charge in [0, 0.05) is 58.2 Å². The van der Waals surface area contributed by atoms with Crippen molar-refractivity contribution >= 4 is 11.7 Å². The Kier molecular flexibility index (Phi) is 6.44. The van der Waals surface area contributed by atoms with Gasteiger partial charge in [0.05, 0.1) is 31.4 Å². The molecule has 3 aliphatic rings. The Hall–Kier alpha value is -1.70. The van der Waals surface area contributed by atoms with Gasteiger partial charge in [0.25, 0.3) is 5.91 Å². The summed E-state index contributed by atoms with van der Waals surface area (Å²) in [6, 6.07) is 4.60. The van der Waals surface area contributed by atoms with E-state index in [0.29, 0.717) is 17.5 Å². The van der Waals surface area contributed by atoms with E-state index in [4.69, 9.17) is 9.47 Å². The number of nitrogens with one attached hydrogen (secondary N) is 1. The SMILES string of the molecule is COCC1CCN(c2ccc(C(=O)N3CCC([NH+]4CCOCC4)CC3)cn2)C1. The van der Waals surface area contributed by atoms with Crippen LogP contribution in [0.3, 0.4) is 0 Å². The maximum Gasteiger partial charge on any atom is 0.255 e. The number of likely N-dealkylation sites (tertiary alicyclic amines) is 1. The van der Waals surface area contributed by atoms with Gasteiger partial charge in [0.1, 0.15) is 18.9 Å². The summed E-state index contributed by atoms with van der Waals surface area (Å²) in [7, 11) is 1.76. The Morgan fingerprint density at radius 3 is 2.68 bits per heavy atom. The molecular weight excluding hydrogens is 356 g/mol. The van der Waals surface area contributed by atoms with Crippen molar-refractivity contribution < 1.29 is 19.2 Å². The Balaban J connectivity index is 1.29. The summed E-state index contributed by atoms with van der Waals surface area (Å²) in [6.45, 7) is 8.43. The Morgan fingerprint density at radius 2 is 2.00 bits per heavy atom. The molecule has 0 saturated carbocycles. The molecule has 7 nitrogen and oxygen atoms in total. The van der Waals surface area contributed by atoms with Crippen LogP contribution in [-0.4, -0.2) is 88.0 Å². The van der Waals surface area contributed by atoms with Gasteiger partial charge in [-0.2, -0.15) is 0 Å². The predicted molar refractivity (Wildman–Crippen MR) is 107 cm³/mol. The van der Waals surface area contributed by atoms with Crippen LogP contribution in [0.25, 0.3) is 0 Å². The third kappa shape index (κ3) is 4.47. The van der Waals surface area contributed by atoms with E-state index >= 15 is 0 Å². The second kappa shape index (κ2) is 9.20. The number of amides is 1. The first-order chi connectivity index (χ1) is 13.7. The highest BCUT2D eigenvalue weighted by Gasteiger charge is 2.31. The van der Waals surface area contributed by atoms with E-state index in [2.05, 4.69) is 9.88 Å². The summed E-state index contributed by atoms with van der Waals surface area (Å²) in [6.07, 6.45) is 5.05. The van der Waals surface area contributed by atoms with Gasteiger partial charge in [-0.25, -0.2) is 4.98 Å². The lowest BCUT2D eigenvalue weighted by atomic mass is 10.0. The third-order valence-electron chi connectivity index (χ3n) is 6.50. The number of rotatable bonds is 5. The minimum atomic E-state index is 0.119. The summed E-state index contributed by atoms with van der Waals surface area (Å²) < 4.78 is 10.7. The molecule has 3 fully saturated rings. The first kappa shape index (κ1) is 19.6. The number of quaternary nitrogens is 1. The van der Waals surface area contributed by atoms with E-state index in [0.717, 1.165) is 84.2 Å². The van der Waals surface area contributed by atoms with Crippen molar-refractivity contribution in [2.75, 3.05) is 71.1 Å². The van der Waals surface area contributed by atoms with E-state index < -0.39 is 0 Å². The predicted octanol–water partition coefficient (Wildman–Crippen LogP) is 0.0740. The number of hydrogen-bond donors (Lipinski definition) is 1. The molecule has 1 N–H and O–H groups in total. The van der Waals surface area contributed by atoms with Crippen molar-refractivity contribution in [2.24, 2.45) is 5.92 Å². The van der Waals surface area contributed by atoms with E-state index in [-0.39, 0.29) is 5.91 Å². The van der Waals surface area contributed by atoms with E-state index in [1.807, 2.05) is 17.0 Å². The summed E-state index contributed by atoms with van der Waals surface area (Å²) in [5.74, 6) is 1.65. The number of nitrogens with zero attached hydrogens (tertiary/aromatic N) is 3. The van der Waals surface area contributed by atoms with Gasteiger partial charge in [-0.1, -0.05) is 0 Å². The zero-order valence-corrected chi connectivity index (χ0v) is 16.9. The Labute approximate surface area is 167 Å². The van der Waals surface area contributed by atoms with Crippen LogP contribution in [0.15, 0.2) is 18.3 Å². The Bertz CT molecular complexity index is 640. The van der Waals surface area contributed by atoms with E-state index in [1.165, 1.54) is 0 Å². The van der Waals surface area contributed by atoms with Crippen LogP contribution in [0.4, 0.5) is 5.82 Å². The Morgan fingerprint density at radius 1 is 1.21 bits per heavy atom. The average molecular weight is 390 g/mol. The van der Waals surface area contributed by atoms with Gasteiger partial charge in [-0.05, 0) is 18.6 Å². The van der Waals surface area contributed by atoms with Crippen molar-refractivity contribution in [1.82, 2.24) is 9.88 Å². The number of morpholine rings is 1. The maximum absolute atomic E-state index is 12.9. The highest BCUT2D eigenvalue weighted by Crippen LogP contribution is 2.23. The molecule has 154 valence electrons. The van der Waals surface area contributed by atoms with Gasteiger partial charge in [0.15, 0.2) is 0 Å². The van der Waals surface area contributed by atoms with Gasteiger partial charge < -0.3 is 24.2 Å². The van der Waals surface area contributed by atoms with Crippen LogP contribution in [0.1, 0.15) is 29.6 Å². The fourth-order valence-corrected chi connectivity index (χ4v) is 4.83. The van der Waals surface area contributed by atoms with Gasteiger partial charge in [-0.3, -0.25) is 4.79 Å². The molecule has 0 radical (unpaired) electrons. The third-order valence-corrected chi connectivity index (χ3v) is 6.50. The van der Waals surface area contributed by atoms with Crippen LogP contribution < -0.4 is 9.80 Å². The molecule has 1 aromatic heterocycles. The number of methoxy groups -OCH3 is 1. The second-order valence-electron chi connectivity index (χ2n) is 8.30. The molecule has 1 aromatic rings. The highest BCUT2D eigenvalue weighted by molar-refractivity contribution is 5.94. The molecule has 1 unspecified atom stereocenters. The van der Waals surface area contributed by atoms with Crippen LogP contribution in [0.2, 0.25) is 0 Å². The summed E-state index contributed by atoms with van der Waals surface area (Å²) >= 11 is 0. The smallest absolute Gasteiger partial charge is 0.255 e. The normalized spacial score (nSPS) is 24.7. The molecule has 1 atom stereocenters. The molecule has 0 spiro atoms. The molecular formula is C21H33N4O3+. The molecule has 4 rings (SSSR count). The minimum absolute atomic E-state index is 0.119. The van der Waals surface area contributed by atoms with Crippen LogP contribution in [0.5, 0.6) is 0 Å². The number of carbonyl (C=O) groups excluding carboxylic acids is 1. The summed E-state index contributed by atoms with van der Waals surface area (Å²) in [5, 5.41) is 0. The molecule has 7 heteroatoms. The fraction of sp³-hybridized carbons (Fsp3) is 0.714. The summed E-state index contributed by atoms with van der Waals surface area (Å²) in [4.78, 5) is 23.4.